The van der Waals surface area contributed by atoms with E-state index in [1.54, 1.807) is 4.90 Å². The first-order valence-electron chi connectivity index (χ1n) is 4.06. The maximum absolute atomic E-state index is 5.45. The highest BCUT2D eigenvalue weighted by Crippen LogP contribution is 1.85. The van der Waals surface area contributed by atoms with Crippen LogP contribution in [0.15, 0.2) is 0 Å². The molecule has 0 bridgehead atoms. The first-order valence-corrected chi connectivity index (χ1v) is 4.06. The molecule has 0 aliphatic carbocycles. The third-order valence-corrected chi connectivity index (χ3v) is 2.15. The number of nitrogens with one attached hydrogen (secondary N) is 1. The van der Waals surface area contributed by atoms with Crippen LogP contribution >= 0.6 is 0 Å². The van der Waals surface area contributed by atoms with E-state index in [1.807, 2.05) is 0 Å². The van der Waals surface area contributed by atoms with Crippen LogP contribution in [-0.2, 0) is 0 Å². The fourth-order valence-electron chi connectivity index (χ4n) is 1.34. The third-order valence-electron chi connectivity index (χ3n) is 2.15. The monoisotopic (exact) mass is 144 g/mol. The van der Waals surface area contributed by atoms with Crippen molar-refractivity contribution in [3.63, 3.8) is 0 Å². The second-order valence-electron chi connectivity index (χ2n) is 3.09. The average molecular weight is 144 g/mol. The molecule has 1 aliphatic rings. The summed E-state index contributed by atoms with van der Waals surface area (Å²) in [6.45, 7) is 6.89. The van der Waals surface area contributed by atoms with E-state index < -0.39 is 0 Å². The van der Waals surface area contributed by atoms with E-state index in [4.69, 9.17) is 5.73 Å². The predicted molar refractivity (Wildman–Crippen MR) is 42.1 cm³/mol. The van der Waals surface area contributed by atoms with Gasteiger partial charge in [0.1, 0.15) is 0 Å². The molecule has 0 aromatic heterocycles. The molecule has 0 spiro atoms. The molecular weight excluding hydrogens is 126 g/mol. The van der Waals surface area contributed by atoms with Gasteiger partial charge < -0.3 is 10.6 Å². The smallest absolute Gasteiger partial charge is 0.0898 e. The summed E-state index contributed by atoms with van der Waals surface area (Å²) in [5.74, 6) is 0. The van der Waals surface area contributed by atoms with E-state index in [0.29, 0.717) is 0 Å². The van der Waals surface area contributed by atoms with Crippen LogP contribution in [0.3, 0.4) is 0 Å². The Labute approximate surface area is 62.8 Å². The minimum Gasteiger partial charge on any atom is -0.335 e. The number of nitrogens with two attached hydrogens (primary N) is 1. The maximum atomic E-state index is 5.45. The number of nitrogens with zero attached hydrogens (tertiary/aromatic N) is 1. The molecule has 3 nitrogen and oxygen atoms in total. The topological polar surface area (TPSA) is 33.7 Å². The van der Waals surface area contributed by atoms with E-state index >= 15 is 0 Å². The lowest BCUT2D eigenvalue weighted by Crippen LogP contribution is -3.12. The highest BCUT2D eigenvalue weighted by Gasteiger charge is 2.14. The van der Waals surface area contributed by atoms with Crippen molar-refractivity contribution in [1.82, 2.24) is 4.90 Å². The molecule has 1 fully saturated rings. The molecule has 1 rings (SSSR count). The average Bonchev–Trinajstić information content (AvgIpc) is 1.95. The number of hydrogen-bond acceptors (Lipinski definition) is 2. The molecule has 0 radical (unpaired) electrons. The zero-order valence-corrected chi connectivity index (χ0v) is 6.77. The minimum atomic E-state index is 0.805. The maximum Gasteiger partial charge on any atom is 0.0898 e. The van der Waals surface area contributed by atoms with E-state index in [-0.39, 0.29) is 0 Å². The van der Waals surface area contributed by atoms with Crippen LogP contribution in [-0.4, -0.2) is 51.2 Å². The molecule has 1 aliphatic heterocycles. The lowest BCUT2D eigenvalue weighted by atomic mass is 10.3. The van der Waals surface area contributed by atoms with Gasteiger partial charge in [-0.15, -0.1) is 0 Å². The summed E-state index contributed by atoms with van der Waals surface area (Å²) in [6, 6.07) is 0. The molecule has 3 heteroatoms. The molecule has 0 atom stereocenters. The Morgan fingerprint density at radius 3 is 2.50 bits per heavy atom. The van der Waals surface area contributed by atoms with E-state index in [2.05, 4.69) is 11.9 Å². The quantitative estimate of drug-likeness (QED) is 0.460. The van der Waals surface area contributed by atoms with Crippen molar-refractivity contribution in [2.45, 2.75) is 0 Å². The molecular formula is C7H18N3+. The van der Waals surface area contributed by atoms with Crippen molar-refractivity contribution >= 4 is 0 Å². The third kappa shape index (κ3) is 2.25. The molecule has 0 aromatic carbocycles. The summed E-state index contributed by atoms with van der Waals surface area (Å²) in [4.78, 5) is 4.08. The standard InChI is InChI=1S/C7H17N3/c1-9-4-6-10(3-2-8)7-5-9/h2-8H2,1H3/p+1. The highest BCUT2D eigenvalue weighted by molar-refractivity contribution is 4.59. The van der Waals surface area contributed by atoms with Crippen LogP contribution < -0.4 is 10.6 Å². The molecule has 0 aromatic rings. The minimum absolute atomic E-state index is 0.805. The zero-order valence-electron chi connectivity index (χ0n) is 6.77. The van der Waals surface area contributed by atoms with Gasteiger partial charge in [0, 0.05) is 26.2 Å². The van der Waals surface area contributed by atoms with Gasteiger partial charge in [0.25, 0.3) is 0 Å². The van der Waals surface area contributed by atoms with Crippen molar-refractivity contribution in [3.8, 4) is 0 Å². The summed E-state index contributed by atoms with van der Waals surface area (Å²) >= 11 is 0. The Morgan fingerprint density at radius 2 is 2.00 bits per heavy atom. The second kappa shape index (κ2) is 3.91. The molecule has 0 unspecified atom stereocenters. The summed E-state index contributed by atoms with van der Waals surface area (Å²) in [6.07, 6.45) is 0. The summed E-state index contributed by atoms with van der Waals surface area (Å²) in [7, 11) is 2.25. The zero-order chi connectivity index (χ0) is 7.40. The van der Waals surface area contributed by atoms with Crippen LogP contribution in [0, 0.1) is 0 Å². The van der Waals surface area contributed by atoms with Gasteiger partial charge in [-0.2, -0.15) is 0 Å². The van der Waals surface area contributed by atoms with E-state index in [1.165, 1.54) is 26.2 Å². The number of likely N-dealkylation sites (N-methyl/N-ethyl adjacent to an activating group) is 1. The van der Waals surface area contributed by atoms with Gasteiger partial charge >= 0.3 is 0 Å². The Balaban J connectivity index is 2.13. The Hall–Kier alpha value is -0.120. The normalized spacial score (nSPS) is 23.4. The lowest BCUT2D eigenvalue weighted by molar-refractivity contribution is -0.884. The first kappa shape index (κ1) is 7.98. The predicted octanol–water partition coefficient (Wildman–Crippen LogP) is -2.22. The van der Waals surface area contributed by atoms with Crippen molar-refractivity contribution in [2.75, 3.05) is 46.3 Å². The van der Waals surface area contributed by atoms with Crippen LogP contribution in [0.2, 0.25) is 0 Å². The Bertz CT molecular complexity index is 86.9. The molecule has 1 saturated heterocycles. The van der Waals surface area contributed by atoms with Crippen molar-refractivity contribution in [2.24, 2.45) is 5.73 Å². The SMILES string of the molecule is C[NH+]1CCN(CCN)CC1. The molecule has 60 valence electrons. The largest absolute Gasteiger partial charge is 0.335 e. The summed E-state index contributed by atoms with van der Waals surface area (Å²) in [5, 5.41) is 0. The fraction of sp³-hybridized carbons (Fsp3) is 1.00. The van der Waals surface area contributed by atoms with Gasteiger partial charge in [-0.25, -0.2) is 0 Å². The van der Waals surface area contributed by atoms with E-state index in [9.17, 15) is 0 Å². The second-order valence-corrected chi connectivity index (χ2v) is 3.09. The lowest BCUT2D eigenvalue weighted by Gasteiger charge is -2.29. The van der Waals surface area contributed by atoms with Gasteiger partial charge in [0.05, 0.1) is 20.1 Å². The van der Waals surface area contributed by atoms with Gasteiger partial charge in [-0.05, 0) is 0 Å². The first-order chi connectivity index (χ1) is 4.83. The van der Waals surface area contributed by atoms with Crippen molar-refractivity contribution in [1.29, 1.82) is 0 Å². The van der Waals surface area contributed by atoms with E-state index in [0.717, 1.165) is 13.1 Å². The number of piperazine rings is 1. The molecule has 3 N–H and O–H groups in total. The summed E-state index contributed by atoms with van der Waals surface area (Å²) < 4.78 is 0. The molecule has 1 heterocycles. The van der Waals surface area contributed by atoms with Gasteiger partial charge in [0.15, 0.2) is 0 Å². The van der Waals surface area contributed by atoms with Crippen LogP contribution in [0.5, 0.6) is 0 Å². The van der Waals surface area contributed by atoms with Gasteiger partial charge in [-0.3, -0.25) is 4.90 Å². The summed E-state index contributed by atoms with van der Waals surface area (Å²) in [5.41, 5.74) is 5.45. The van der Waals surface area contributed by atoms with Gasteiger partial charge in [0.2, 0.25) is 0 Å². The Morgan fingerprint density at radius 1 is 1.40 bits per heavy atom. The molecule has 10 heavy (non-hydrogen) atoms. The molecule has 0 amide bonds. The number of quaternary nitrogens is 1. The van der Waals surface area contributed by atoms with Gasteiger partial charge in [-0.1, -0.05) is 0 Å². The fourth-order valence-corrected chi connectivity index (χ4v) is 1.34. The highest BCUT2D eigenvalue weighted by atomic mass is 15.2. The number of rotatable bonds is 2. The van der Waals surface area contributed by atoms with Crippen molar-refractivity contribution in [3.05, 3.63) is 0 Å². The van der Waals surface area contributed by atoms with Crippen molar-refractivity contribution < 1.29 is 4.90 Å². The number of hydrogen-bond donors (Lipinski definition) is 2. The Kier molecular flexibility index (Phi) is 3.12. The van der Waals surface area contributed by atoms with Crippen LogP contribution in [0.4, 0.5) is 0 Å². The molecule has 0 saturated carbocycles. The van der Waals surface area contributed by atoms with Crippen LogP contribution in [0.1, 0.15) is 0 Å². The van der Waals surface area contributed by atoms with Crippen LogP contribution in [0.25, 0.3) is 0 Å².